The van der Waals surface area contributed by atoms with Crippen molar-refractivity contribution in [3.05, 3.63) is 53.1 Å². The number of hydrogen-bond acceptors (Lipinski definition) is 6. The molecule has 3 aromatic rings. The third kappa shape index (κ3) is 4.64. The van der Waals surface area contributed by atoms with Gasteiger partial charge in [-0.25, -0.2) is 14.6 Å². The lowest BCUT2D eigenvalue weighted by atomic mass is 9.97. The molecule has 9 heteroatoms. The summed E-state index contributed by atoms with van der Waals surface area (Å²) in [5.41, 5.74) is 2.52. The predicted molar refractivity (Wildman–Crippen MR) is 120 cm³/mol. The smallest absolute Gasteiger partial charge is 0.229 e. The first-order valence-corrected chi connectivity index (χ1v) is 10.6. The number of carbonyl (C=O) groups is 1. The third-order valence-corrected chi connectivity index (χ3v) is 5.64. The molecule has 31 heavy (non-hydrogen) atoms. The fourth-order valence-corrected chi connectivity index (χ4v) is 4.07. The number of ether oxygens (including phenoxy) is 1. The summed E-state index contributed by atoms with van der Waals surface area (Å²) in [6.07, 6.45) is 3.24. The molecular formula is C22H25ClN6O2. The molecule has 1 amide bonds. The van der Waals surface area contributed by atoms with Crippen LogP contribution in [0.5, 0.6) is 5.75 Å². The Morgan fingerprint density at radius 1 is 1.19 bits per heavy atom. The number of rotatable bonds is 5. The molecule has 0 saturated carbocycles. The molecule has 0 bridgehead atoms. The van der Waals surface area contributed by atoms with Crippen molar-refractivity contribution in [1.82, 2.24) is 19.7 Å². The summed E-state index contributed by atoms with van der Waals surface area (Å²) in [6.45, 7) is 5.35. The maximum Gasteiger partial charge on any atom is 0.229 e. The first kappa shape index (κ1) is 21.1. The number of aromatic nitrogens is 4. The van der Waals surface area contributed by atoms with Crippen LogP contribution in [-0.2, 0) is 4.79 Å². The van der Waals surface area contributed by atoms with Crippen LogP contribution >= 0.6 is 11.6 Å². The summed E-state index contributed by atoms with van der Waals surface area (Å²) in [7, 11) is 1.57. The largest absolute Gasteiger partial charge is 0.495 e. The van der Waals surface area contributed by atoms with Crippen LogP contribution in [0, 0.1) is 19.8 Å². The lowest BCUT2D eigenvalue weighted by molar-refractivity contribution is -0.120. The Balaban J connectivity index is 1.50. The van der Waals surface area contributed by atoms with E-state index in [2.05, 4.69) is 25.3 Å². The Morgan fingerprint density at radius 2 is 2.00 bits per heavy atom. The van der Waals surface area contributed by atoms with Crippen LogP contribution in [0.25, 0.3) is 5.82 Å². The Kier molecular flexibility index (Phi) is 6.08. The number of amides is 1. The van der Waals surface area contributed by atoms with E-state index in [1.165, 1.54) is 0 Å². The maximum absolute atomic E-state index is 13.0. The van der Waals surface area contributed by atoms with E-state index in [0.717, 1.165) is 36.6 Å². The minimum Gasteiger partial charge on any atom is -0.495 e. The Hall–Kier alpha value is -3.13. The van der Waals surface area contributed by atoms with Crippen LogP contribution in [0.4, 0.5) is 11.5 Å². The minimum absolute atomic E-state index is 0.0573. The topological polar surface area (TPSA) is 85.2 Å². The molecule has 1 aliphatic rings. The minimum atomic E-state index is -0.176. The van der Waals surface area contributed by atoms with E-state index in [0.29, 0.717) is 28.8 Å². The number of aryl methyl sites for hydroxylation is 2. The van der Waals surface area contributed by atoms with Gasteiger partial charge in [-0.3, -0.25) is 4.79 Å². The van der Waals surface area contributed by atoms with E-state index < -0.39 is 0 Å². The molecule has 1 aliphatic heterocycles. The number of carbonyl (C=O) groups excluding carboxylic acids is 1. The zero-order chi connectivity index (χ0) is 22.0. The summed E-state index contributed by atoms with van der Waals surface area (Å²) in [5.74, 6) is 1.85. The van der Waals surface area contributed by atoms with Crippen molar-refractivity contribution in [3.63, 3.8) is 0 Å². The third-order valence-electron chi connectivity index (χ3n) is 5.40. The average molecular weight is 441 g/mol. The molecule has 1 fully saturated rings. The zero-order valence-corrected chi connectivity index (χ0v) is 18.6. The second kappa shape index (κ2) is 8.93. The number of benzene rings is 1. The van der Waals surface area contributed by atoms with Gasteiger partial charge in [-0.2, -0.15) is 5.10 Å². The van der Waals surface area contributed by atoms with Crippen molar-refractivity contribution < 1.29 is 9.53 Å². The highest BCUT2D eigenvalue weighted by Crippen LogP contribution is 2.29. The molecule has 8 nitrogen and oxygen atoms in total. The number of methoxy groups -OCH3 is 1. The first-order valence-electron chi connectivity index (χ1n) is 10.2. The van der Waals surface area contributed by atoms with Crippen LogP contribution < -0.4 is 15.0 Å². The van der Waals surface area contributed by atoms with Crippen LogP contribution in [0.3, 0.4) is 0 Å². The van der Waals surface area contributed by atoms with Crippen molar-refractivity contribution in [2.75, 3.05) is 30.4 Å². The van der Waals surface area contributed by atoms with Crippen LogP contribution in [0.1, 0.15) is 24.2 Å². The normalized spacial score (nSPS) is 16.3. The van der Waals surface area contributed by atoms with Gasteiger partial charge >= 0.3 is 0 Å². The Labute approximate surface area is 186 Å². The fraction of sp³-hybridized carbons (Fsp3) is 0.364. The van der Waals surface area contributed by atoms with Gasteiger partial charge in [-0.15, -0.1) is 0 Å². The molecule has 0 radical (unpaired) electrons. The molecule has 0 aliphatic carbocycles. The monoisotopic (exact) mass is 440 g/mol. The Bertz CT molecular complexity index is 1100. The van der Waals surface area contributed by atoms with Crippen LogP contribution in [-0.4, -0.2) is 45.9 Å². The standard InChI is InChI=1S/C22H25ClN6O2/c1-14-9-15(2)29(27-14)21-11-20(24-13-25-21)28-8-4-5-16(12-28)22(30)26-18-10-17(23)6-7-19(18)31-3/h6-7,9-11,13,16H,4-5,8,12H2,1-3H3,(H,26,30). The van der Waals surface area contributed by atoms with Crippen molar-refractivity contribution in [2.45, 2.75) is 26.7 Å². The molecule has 4 rings (SSSR count). The van der Waals surface area contributed by atoms with E-state index >= 15 is 0 Å². The molecule has 1 saturated heterocycles. The van der Waals surface area contributed by atoms with E-state index in [4.69, 9.17) is 16.3 Å². The summed E-state index contributed by atoms with van der Waals surface area (Å²) < 4.78 is 7.14. The number of nitrogens with zero attached hydrogens (tertiary/aromatic N) is 5. The number of hydrogen-bond donors (Lipinski definition) is 1. The second-order valence-electron chi connectivity index (χ2n) is 7.69. The van der Waals surface area contributed by atoms with Crippen LogP contribution in [0.2, 0.25) is 5.02 Å². The van der Waals surface area contributed by atoms with Crippen molar-refractivity contribution in [2.24, 2.45) is 5.92 Å². The summed E-state index contributed by atoms with van der Waals surface area (Å²) in [4.78, 5) is 23.9. The van der Waals surface area contributed by atoms with Gasteiger partial charge in [0.15, 0.2) is 5.82 Å². The molecule has 3 heterocycles. The average Bonchev–Trinajstić information content (AvgIpc) is 3.12. The molecule has 1 unspecified atom stereocenters. The SMILES string of the molecule is COc1ccc(Cl)cc1NC(=O)C1CCCN(c2cc(-n3nc(C)cc3C)ncn2)C1. The fourth-order valence-electron chi connectivity index (χ4n) is 3.90. The van der Waals surface area contributed by atoms with Crippen LogP contribution in [0.15, 0.2) is 36.7 Å². The summed E-state index contributed by atoms with van der Waals surface area (Å²) in [6, 6.07) is 9.09. The Morgan fingerprint density at radius 3 is 2.74 bits per heavy atom. The van der Waals surface area contributed by atoms with Gasteiger partial charge in [0.1, 0.15) is 17.9 Å². The molecule has 162 valence electrons. The van der Waals surface area contributed by atoms with Gasteiger partial charge in [0, 0.05) is 29.9 Å². The van der Waals surface area contributed by atoms with E-state index in [1.807, 2.05) is 26.0 Å². The summed E-state index contributed by atoms with van der Waals surface area (Å²) in [5, 5.41) is 8.01. The molecule has 1 N–H and O–H groups in total. The van der Waals surface area contributed by atoms with E-state index in [-0.39, 0.29) is 11.8 Å². The van der Waals surface area contributed by atoms with Crippen molar-refractivity contribution in [1.29, 1.82) is 0 Å². The highest BCUT2D eigenvalue weighted by molar-refractivity contribution is 6.31. The second-order valence-corrected chi connectivity index (χ2v) is 8.13. The highest BCUT2D eigenvalue weighted by atomic mass is 35.5. The number of piperidine rings is 1. The maximum atomic E-state index is 13.0. The van der Waals surface area contributed by atoms with Gasteiger partial charge < -0.3 is 15.0 Å². The first-order chi connectivity index (χ1) is 14.9. The van der Waals surface area contributed by atoms with Gasteiger partial charge in [-0.05, 0) is 51.0 Å². The quantitative estimate of drug-likeness (QED) is 0.649. The number of anilines is 2. The molecular weight excluding hydrogens is 416 g/mol. The van der Waals surface area contributed by atoms with E-state index in [1.54, 1.807) is 36.3 Å². The molecule has 1 atom stereocenters. The predicted octanol–water partition coefficient (Wildman–Crippen LogP) is 3.80. The van der Waals surface area contributed by atoms with Gasteiger partial charge in [0.05, 0.1) is 24.4 Å². The zero-order valence-electron chi connectivity index (χ0n) is 17.8. The molecule has 2 aromatic heterocycles. The van der Waals surface area contributed by atoms with Gasteiger partial charge in [0.2, 0.25) is 5.91 Å². The van der Waals surface area contributed by atoms with Gasteiger partial charge in [-0.1, -0.05) is 11.6 Å². The molecule has 0 spiro atoms. The van der Waals surface area contributed by atoms with Crippen molar-refractivity contribution >= 4 is 29.0 Å². The van der Waals surface area contributed by atoms with Gasteiger partial charge in [0.25, 0.3) is 0 Å². The van der Waals surface area contributed by atoms with E-state index in [9.17, 15) is 4.79 Å². The lowest BCUT2D eigenvalue weighted by Crippen LogP contribution is -2.41. The summed E-state index contributed by atoms with van der Waals surface area (Å²) >= 11 is 6.09. The highest BCUT2D eigenvalue weighted by Gasteiger charge is 2.27. The number of halogens is 1. The van der Waals surface area contributed by atoms with Crippen molar-refractivity contribution in [3.8, 4) is 11.6 Å². The lowest BCUT2D eigenvalue weighted by Gasteiger charge is -2.33. The number of nitrogens with one attached hydrogen (secondary N) is 1. The molecule has 1 aromatic carbocycles.